The summed E-state index contributed by atoms with van der Waals surface area (Å²) < 4.78 is 15.2. The summed E-state index contributed by atoms with van der Waals surface area (Å²) in [5.74, 6) is -0.754. The van der Waals surface area contributed by atoms with Crippen molar-refractivity contribution in [3.05, 3.63) is 48.0 Å². The molecule has 1 aromatic carbocycles. The fraction of sp³-hybridized carbons (Fsp3) is 0.400. The molecule has 8 heteroatoms. The van der Waals surface area contributed by atoms with E-state index < -0.39 is 22.2 Å². The Morgan fingerprint density at radius 2 is 1.87 bits per heavy atom. The molecule has 4 atom stereocenters. The van der Waals surface area contributed by atoms with E-state index in [1.807, 2.05) is 36.4 Å². The van der Waals surface area contributed by atoms with Crippen molar-refractivity contribution in [2.75, 3.05) is 6.61 Å². The molecule has 2 aliphatic heterocycles. The van der Waals surface area contributed by atoms with Crippen LogP contribution < -0.4 is 5.32 Å². The largest absolute Gasteiger partial charge is 0.346 e. The maximum absolute atomic E-state index is 11.6. The zero-order valence-electron chi connectivity index (χ0n) is 11.8. The zero-order valence-corrected chi connectivity index (χ0v) is 14.1. The minimum atomic E-state index is -2.04. The molecule has 2 heterocycles. The van der Waals surface area contributed by atoms with Crippen LogP contribution in [0.1, 0.15) is 11.9 Å². The Morgan fingerprint density at radius 1 is 1.13 bits per heavy atom. The number of fused-ring (bicyclic) bond motifs is 1. The van der Waals surface area contributed by atoms with Crippen LogP contribution in [0.2, 0.25) is 0 Å². The van der Waals surface area contributed by atoms with Gasteiger partial charge in [0.25, 0.3) is 9.70 Å². The van der Waals surface area contributed by atoms with E-state index in [1.165, 1.54) is 0 Å². The summed E-state index contributed by atoms with van der Waals surface area (Å²) in [7, 11) is 0. The quantitative estimate of drug-likeness (QED) is 0.635. The number of hydrogen-bond donors (Lipinski definition) is 1. The normalized spacial score (nSPS) is 30.6. The molecule has 2 aliphatic rings. The molecule has 1 amide bonds. The molecule has 0 aromatic heterocycles. The Bertz CT molecular complexity index is 590. The monoisotopic (exact) mass is 377 g/mol. The van der Waals surface area contributed by atoms with Gasteiger partial charge in [0.2, 0.25) is 0 Å². The summed E-state index contributed by atoms with van der Waals surface area (Å²) >= 11 is 16.6. The first kappa shape index (κ1) is 17.0. The highest BCUT2D eigenvalue weighted by molar-refractivity contribution is 6.76. The molecule has 1 fully saturated rings. The number of carbonyl (C=O) groups is 1. The average molecular weight is 379 g/mol. The van der Waals surface area contributed by atoms with Crippen LogP contribution in [0.4, 0.5) is 0 Å². The minimum absolute atomic E-state index is 0.269. The van der Waals surface area contributed by atoms with E-state index in [-0.39, 0.29) is 12.2 Å². The number of ether oxygens (including phenoxy) is 3. The number of carbonyl (C=O) groups excluding carboxylic acids is 1. The molecule has 0 saturated carbocycles. The Kier molecular flexibility index (Phi) is 5.16. The van der Waals surface area contributed by atoms with E-state index >= 15 is 0 Å². The van der Waals surface area contributed by atoms with Crippen LogP contribution >= 0.6 is 34.8 Å². The van der Waals surface area contributed by atoms with Crippen molar-refractivity contribution in [3.63, 3.8) is 0 Å². The lowest BCUT2D eigenvalue weighted by Crippen LogP contribution is -2.51. The van der Waals surface area contributed by atoms with E-state index in [9.17, 15) is 4.79 Å². The topological polar surface area (TPSA) is 56.8 Å². The van der Waals surface area contributed by atoms with Gasteiger partial charge in [-0.15, -0.1) is 0 Å². The predicted octanol–water partition coefficient (Wildman–Crippen LogP) is 2.87. The van der Waals surface area contributed by atoms with Crippen molar-refractivity contribution in [3.8, 4) is 0 Å². The smallest absolute Gasteiger partial charge is 0.274 e. The van der Waals surface area contributed by atoms with Gasteiger partial charge in [0.05, 0.1) is 6.61 Å². The van der Waals surface area contributed by atoms with Gasteiger partial charge in [0.1, 0.15) is 18.4 Å². The highest BCUT2D eigenvalue weighted by Crippen LogP contribution is 2.31. The number of halogens is 3. The van der Waals surface area contributed by atoms with Crippen LogP contribution in [-0.4, -0.2) is 34.7 Å². The minimum Gasteiger partial charge on any atom is -0.346 e. The van der Waals surface area contributed by atoms with Crippen molar-refractivity contribution in [1.82, 2.24) is 5.32 Å². The average Bonchev–Trinajstić information content (AvgIpc) is 2.54. The molecular weight excluding hydrogens is 365 g/mol. The Balaban J connectivity index is 1.62. The van der Waals surface area contributed by atoms with Gasteiger partial charge in [0, 0.05) is 5.56 Å². The molecule has 0 spiro atoms. The van der Waals surface area contributed by atoms with Crippen LogP contribution in [0.15, 0.2) is 42.5 Å². The number of benzene rings is 1. The molecule has 1 aromatic rings. The lowest BCUT2D eigenvalue weighted by Gasteiger charge is -2.39. The van der Waals surface area contributed by atoms with Gasteiger partial charge in [-0.1, -0.05) is 71.2 Å². The fourth-order valence-electron chi connectivity index (χ4n) is 2.35. The molecular formula is C15H14Cl3NO4. The highest BCUT2D eigenvalue weighted by atomic mass is 35.6. The molecule has 1 saturated heterocycles. The summed E-state index contributed by atoms with van der Waals surface area (Å²) in [5.41, 5.74) is 0.936. The molecule has 3 rings (SSSR count). The summed E-state index contributed by atoms with van der Waals surface area (Å²) in [6.45, 7) is 0.328. The summed E-state index contributed by atoms with van der Waals surface area (Å²) in [6, 6.07) is 9.63. The van der Waals surface area contributed by atoms with Crippen molar-refractivity contribution in [2.45, 2.75) is 28.5 Å². The van der Waals surface area contributed by atoms with Crippen LogP contribution in [0.5, 0.6) is 0 Å². The lowest BCUT2D eigenvalue weighted by atomic mass is 10.1. The Morgan fingerprint density at radius 3 is 2.57 bits per heavy atom. The van der Waals surface area contributed by atoms with Crippen LogP contribution in [0, 0.1) is 0 Å². The van der Waals surface area contributed by atoms with Crippen molar-refractivity contribution in [2.24, 2.45) is 0 Å². The van der Waals surface area contributed by atoms with E-state index in [2.05, 4.69) is 5.32 Å². The first-order valence-electron chi connectivity index (χ1n) is 6.97. The number of rotatable bonds is 2. The van der Waals surface area contributed by atoms with Crippen molar-refractivity contribution >= 4 is 40.7 Å². The van der Waals surface area contributed by atoms with Gasteiger partial charge < -0.3 is 19.5 Å². The van der Waals surface area contributed by atoms with Gasteiger partial charge in [0.15, 0.2) is 6.29 Å². The first-order valence-corrected chi connectivity index (χ1v) is 8.10. The van der Waals surface area contributed by atoms with Gasteiger partial charge in [-0.05, 0) is 6.08 Å². The summed E-state index contributed by atoms with van der Waals surface area (Å²) in [4.78, 5) is 11.6. The third kappa shape index (κ3) is 4.18. The fourth-order valence-corrected chi connectivity index (χ4v) is 2.52. The zero-order chi connectivity index (χ0) is 16.4. The molecule has 0 radical (unpaired) electrons. The van der Waals surface area contributed by atoms with E-state index in [0.717, 1.165) is 5.56 Å². The Hall–Kier alpha value is -0.820. The maximum atomic E-state index is 11.6. The maximum Gasteiger partial charge on any atom is 0.274 e. The number of amides is 1. The van der Waals surface area contributed by atoms with Crippen molar-refractivity contribution in [1.29, 1.82) is 0 Å². The third-order valence-corrected chi connectivity index (χ3v) is 3.97. The van der Waals surface area contributed by atoms with Crippen LogP contribution in [-0.2, 0) is 19.0 Å². The first-order chi connectivity index (χ1) is 10.9. The SMILES string of the molecule is O=C(N[C@H]1C=C[C@@H]2O[C@H](c3ccccc3)OC[C@H]2O1)C(Cl)(Cl)Cl. The van der Waals surface area contributed by atoms with Crippen molar-refractivity contribution < 1.29 is 19.0 Å². The number of alkyl halides is 3. The van der Waals surface area contributed by atoms with Gasteiger partial charge in [-0.25, -0.2) is 0 Å². The van der Waals surface area contributed by atoms with Gasteiger partial charge in [-0.3, -0.25) is 4.79 Å². The third-order valence-electron chi connectivity index (χ3n) is 3.46. The lowest BCUT2D eigenvalue weighted by molar-refractivity contribution is -0.263. The van der Waals surface area contributed by atoms with Crippen LogP contribution in [0.3, 0.4) is 0 Å². The second-order valence-corrected chi connectivity index (χ2v) is 7.41. The second-order valence-electron chi connectivity index (χ2n) is 5.13. The molecule has 0 aliphatic carbocycles. The molecule has 124 valence electrons. The molecule has 0 bridgehead atoms. The van der Waals surface area contributed by atoms with Crippen LogP contribution in [0.25, 0.3) is 0 Å². The second kappa shape index (κ2) is 6.97. The highest BCUT2D eigenvalue weighted by Gasteiger charge is 2.38. The molecule has 1 N–H and O–H groups in total. The van der Waals surface area contributed by atoms with E-state index in [4.69, 9.17) is 49.0 Å². The Labute approximate surface area is 148 Å². The molecule has 23 heavy (non-hydrogen) atoms. The predicted molar refractivity (Wildman–Crippen MR) is 86.2 cm³/mol. The standard InChI is InChI=1S/C15H14Cl3NO4/c16-15(17,18)14(20)19-12-7-6-10-11(22-12)8-21-13(23-10)9-4-2-1-3-5-9/h1-7,10-13H,8H2,(H,19,20)/t10-,11+,12+,13+/m0/s1. The van der Waals surface area contributed by atoms with Gasteiger partial charge in [-0.2, -0.15) is 0 Å². The van der Waals surface area contributed by atoms with Gasteiger partial charge >= 0.3 is 0 Å². The molecule has 0 unspecified atom stereocenters. The van der Waals surface area contributed by atoms with E-state index in [0.29, 0.717) is 6.61 Å². The summed E-state index contributed by atoms with van der Waals surface area (Å²) in [6.07, 6.45) is 1.71. The summed E-state index contributed by atoms with van der Waals surface area (Å²) in [5, 5.41) is 2.48. The number of hydrogen-bond acceptors (Lipinski definition) is 4. The number of nitrogens with one attached hydrogen (secondary N) is 1. The van der Waals surface area contributed by atoms with E-state index in [1.54, 1.807) is 6.08 Å². The molecule has 5 nitrogen and oxygen atoms in total.